The van der Waals surface area contributed by atoms with Crippen LogP contribution >= 0.6 is 0 Å². The molecule has 0 aliphatic heterocycles. The molecule has 16 heavy (non-hydrogen) atoms. The summed E-state index contributed by atoms with van der Waals surface area (Å²) in [7, 11) is 1.78. The van der Waals surface area contributed by atoms with Crippen LogP contribution in [0.5, 0.6) is 0 Å². The van der Waals surface area contributed by atoms with Gasteiger partial charge in [-0.05, 0) is 28.5 Å². The van der Waals surface area contributed by atoms with Gasteiger partial charge in [0.15, 0.2) is 5.82 Å². The number of nitrogens with one attached hydrogen (secondary N) is 1. The zero-order valence-corrected chi connectivity index (χ0v) is 10.8. The van der Waals surface area contributed by atoms with Crippen molar-refractivity contribution in [2.24, 2.45) is 23.8 Å². The monoisotopic (exact) mass is 223 g/mol. The van der Waals surface area contributed by atoms with E-state index in [-0.39, 0.29) is 0 Å². The van der Waals surface area contributed by atoms with Gasteiger partial charge in [-0.2, -0.15) is 4.80 Å². The van der Waals surface area contributed by atoms with E-state index in [2.05, 4.69) is 48.4 Å². The minimum atomic E-state index is 0.440. The fourth-order valence-corrected chi connectivity index (χ4v) is 2.57. The molecule has 90 valence electrons. The van der Waals surface area contributed by atoms with Crippen LogP contribution in [0, 0.1) is 16.7 Å². The number of hydrogen-bond acceptors (Lipinski definition) is 4. The second-order valence-electron chi connectivity index (χ2n) is 5.82. The Balaban J connectivity index is 1.78. The van der Waals surface area contributed by atoms with E-state index in [1.54, 1.807) is 7.05 Å². The summed E-state index contributed by atoms with van der Waals surface area (Å²) in [6.07, 6.45) is 0. The van der Waals surface area contributed by atoms with Crippen molar-refractivity contribution in [1.82, 2.24) is 25.5 Å². The summed E-state index contributed by atoms with van der Waals surface area (Å²) >= 11 is 0. The Labute approximate surface area is 96.6 Å². The molecular formula is C11H21N5. The number of rotatable bonds is 4. The molecule has 1 aliphatic rings. The van der Waals surface area contributed by atoms with E-state index in [1.807, 2.05) is 0 Å². The first kappa shape index (κ1) is 11.5. The number of nitrogens with zero attached hydrogens (tertiary/aromatic N) is 4. The Morgan fingerprint density at radius 3 is 2.31 bits per heavy atom. The number of tetrazole rings is 1. The van der Waals surface area contributed by atoms with Crippen molar-refractivity contribution in [3.63, 3.8) is 0 Å². The van der Waals surface area contributed by atoms with Crippen LogP contribution in [-0.4, -0.2) is 26.8 Å². The van der Waals surface area contributed by atoms with Gasteiger partial charge in [-0.1, -0.05) is 27.7 Å². The summed E-state index contributed by atoms with van der Waals surface area (Å²) in [6.45, 7) is 11.1. The highest BCUT2D eigenvalue weighted by molar-refractivity contribution is 5.12. The van der Waals surface area contributed by atoms with Crippen LogP contribution in [0.15, 0.2) is 0 Å². The summed E-state index contributed by atoms with van der Waals surface area (Å²) in [6, 6.07) is 0. The fourth-order valence-electron chi connectivity index (χ4n) is 2.57. The van der Waals surface area contributed by atoms with Gasteiger partial charge in [0.25, 0.3) is 0 Å². The standard InChI is InChI=1S/C11H21N5/c1-10(2)8(11(10,3)4)6-12-7-9-13-15-16(5)14-9/h8,12H,6-7H2,1-5H3. The summed E-state index contributed by atoms with van der Waals surface area (Å²) in [5.74, 6) is 1.50. The summed E-state index contributed by atoms with van der Waals surface area (Å²) in [5, 5.41) is 15.3. The Hall–Kier alpha value is -0.970. The zero-order valence-electron chi connectivity index (χ0n) is 10.8. The third-order valence-corrected chi connectivity index (χ3v) is 4.50. The van der Waals surface area contributed by atoms with Crippen LogP contribution in [0.25, 0.3) is 0 Å². The molecule has 5 nitrogen and oxygen atoms in total. The Morgan fingerprint density at radius 2 is 1.88 bits per heavy atom. The van der Waals surface area contributed by atoms with Crippen LogP contribution in [0.3, 0.4) is 0 Å². The Bertz CT molecular complexity index is 365. The minimum Gasteiger partial charge on any atom is -0.309 e. The van der Waals surface area contributed by atoms with E-state index in [9.17, 15) is 0 Å². The van der Waals surface area contributed by atoms with E-state index in [0.717, 1.165) is 18.3 Å². The second kappa shape index (κ2) is 3.52. The maximum absolute atomic E-state index is 4.13. The van der Waals surface area contributed by atoms with Crippen LogP contribution in [0.4, 0.5) is 0 Å². The summed E-state index contributed by atoms with van der Waals surface area (Å²) in [4.78, 5) is 1.49. The summed E-state index contributed by atoms with van der Waals surface area (Å²) < 4.78 is 0. The molecule has 0 amide bonds. The molecule has 1 aromatic heterocycles. The molecule has 1 saturated carbocycles. The van der Waals surface area contributed by atoms with Crippen molar-refractivity contribution in [3.05, 3.63) is 5.82 Å². The van der Waals surface area contributed by atoms with Crippen molar-refractivity contribution >= 4 is 0 Å². The van der Waals surface area contributed by atoms with Gasteiger partial charge in [-0.15, -0.1) is 10.2 Å². The van der Waals surface area contributed by atoms with E-state index < -0.39 is 0 Å². The van der Waals surface area contributed by atoms with Gasteiger partial charge >= 0.3 is 0 Å². The third-order valence-electron chi connectivity index (χ3n) is 4.50. The number of aryl methyl sites for hydroxylation is 1. The largest absolute Gasteiger partial charge is 0.309 e. The number of hydrogen-bond donors (Lipinski definition) is 1. The second-order valence-corrected chi connectivity index (χ2v) is 5.82. The van der Waals surface area contributed by atoms with Gasteiger partial charge in [0, 0.05) is 0 Å². The topological polar surface area (TPSA) is 55.6 Å². The SMILES string of the molecule is Cn1nnc(CNCC2C(C)(C)C2(C)C)n1. The van der Waals surface area contributed by atoms with Crippen LogP contribution in [-0.2, 0) is 13.6 Å². The lowest BCUT2D eigenvalue weighted by molar-refractivity contribution is 0.457. The van der Waals surface area contributed by atoms with Gasteiger partial charge in [-0.3, -0.25) is 0 Å². The van der Waals surface area contributed by atoms with Crippen LogP contribution in [0.2, 0.25) is 0 Å². The lowest BCUT2D eigenvalue weighted by Crippen LogP contribution is -2.19. The van der Waals surface area contributed by atoms with Crippen LogP contribution in [0.1, 0.15) is 33.5 Å². The molecule has 0 saturated heterocycles. The first-order valence-corrected chi connectivity index (χ1v) is 5.79. The van der Waals surface area contributed by atoms with E-state index in [4.69, 9.17) is 0 Å². The average Bonchev–Trinajstić information content (AvgIpc) is 2.53. The van der Waals surface area contributed by atoms with Crippen molar-refractivity contribution in [2.75, 3.05) is 6.54 Å². The quantitative estimate of drug-likeness (QED) is 0.826. The van der Waals surface area contributed by atoms with Crippen molar-refractivity contribution < 1.29 is 0 Å². The van der Waals surface area contributed by atoms with E-state index in [0.29, 0.717) is 17.4 Å². The predicted octanol–water partition coefficient (Wildman–Crippen LogP) is 0.982. The Kier molecular flexibility index (Phi) is 2.53. The highest BCUT2D eigenvalue weighted by atomic mass is 15.6. The smallest absolute Gasteiger partial charge is 0.188 e. The molecule has 1 aromatic rings. The molecule has 1 fully saturated rings. The fraction of sp³-hybridized carbons (Fsp3) is 0.909. The predicted molar refractivity (Wildman–Crippen MR) is 61.6 cm³/mol. The molecular weight excluding hydrogens is 202 g/mol. The maximum atomic E-state index is 4.13. The average molecular weight is 223 g/mol. The molecule has 0 aromatic carbocycles. The molecule has 0 unspecified atom stereocenters. The highest BCUT2D eigenvalue weighted by Gasteiger charge is 2.63. The summed E-state index contributed by atoms with van der Waals surface area (Å²) in [5.41, 5.74) is 0.881. The Morgan fingerprint density at radius 1 is 1.25 bits per heavy atom. The molecule has 0 atom stereocenters. The van der Waals surface area contributed by atoms with Gasteiger partial charge in [-0.25, -0.2) is 0 Å². The molecule has 1 N–H and O–H groups in total. The molecule has 5 heteroatoms. The van der Waals surface area contributed by atoms with Crippen LogP contribution < -0.4 is 5.32 Å². The van der Waals surface area contributed by atoms with Crippen molar-refractivity contribution in [2.45, 2.75) is 34.2 Å². The first-order valence-electron chi connectivity index (χ1n) is 5.79. The third kappa shape index (κ3) is 1.73. The van der Waals surface area contributed by atoms with Crippen molar-refractivity contribution in [3.8, 4) is 0 Å². The lowest BCUT2D eigenvalue weighted by Gasteiger charge is -2.04. The maximum Gasteiger partial charge on any atom is 0.188 e. The normalized spacial score (nSPS) is 22.3. The molecule has 0 spiro atoms. The van der Waals surface area contributed by atoms with Gasteiger partial charge in [0.1, 0.15) is 0 Å². The molecule has 0 bridgehead atoms. The minimum absolute atomic E-state index is 0.440. The first-order chi connectivity index (χ1) is 7.35. The van der Waals surface area contributed by atoms with E-state index in [1.165, 1.54) is 4.80 Å². The van der Waals surface area contributed by atoms with E-state index >= 15 is 0 Å². The molecule has 0 radical (unpaired) electrons. The molecule has 1 aliphatic carbocycles. The number of aromatic nitrogens is 4. The van der Waals surface area contributed by atoms with Crippen molar-refractivity contribution in [1.29, 1.82) is 0 Å². The zero-order chi connectivity index (χ0) is 12.0. The van der Waals surface area contributed by atoms with Gasteiger partial charge in [0.05, 0.1) is 13.6 Å². The van der Waals surface area contributed by atoms with Gasteiger partial charge < -0.3 is 5.32 Å². The molecule has 2 rings (SSSR count). The van der Waals surface area contributed by atoms with Gasteiger partial charge in [0.2, 0.25) is 0 Å². The highest BCUT2D eigenvalue weighted by Crippen LogP contribution is 2.67. The molecule has 1 heterocycles. The lowest BCUT2D eigenvalue weighted by atomic mass is 10.0.